The molecule has 2 heterocycles. The Morgan fingerprint density at radius 3 is 2.67 bits per heavy atom. The van der Waals surface area contributed by atoms with Gasteiger partial charge in [0.1, 0.15) is 11.6 Å². The molecule has 0 spiro atoms. The summed E-state index contributed by atoms with van der Waals surface area (Å²) in [5.41, 5.74) is -0.766. The predicted octanol–water partition coefficient (Wildman–Crippen LogP) is 1.18. The van der Waals surface area contributed by atoms with Crippen LogP contribution in [0.2, 0.25) is 0 Å². The maximum Gasteiger partial charge on any atom is 0.248 e. The fraction of sp³-hybridized carbons (Fsp3) is 0.667. The summed E-state index contributed by atoms with van der Waals surface area (Å²) in [6.07, 6.45) is 7.46. The summed E-state index contributed by atoms with van der Waals surface area (Å²) >= 11 is 0. The Bertz CT molecular complexity index is 500. The van der Waals surface area contributed by atoms with E-state index in [1.807, 2.05) is 31.5 Å². The van der Waals surface area contributed by atoms with Gasteiger partial charge in [-0.2, -0.15) is 0 Å². The molecule has 1 N–H and O–H groups in total. The summed E-state index contributed by atoms with van der Waals surface area (Å²) in [6.45, 7) is 7.06. The number of carbonyl (C=O) groups excluding carboxylic acids is 2. The van der Waals surface area contributed by atoms with Gasteiger partial charge in [0.15, 0.2) is 0 Å². The molecule has 2 rings (SSSR count). The van der Waals surface area contributed by atoms with Crippen molar-refractivity contribution in [2.24, 2.45) is 0 Å². The Hall–Kier alpha value is -1.85. The number of nitrogens with one attached hydrogen (secondary N) is 1. The van der Waals surface area contributed by atoms with Gasteiger partial charge in [-0.05, 0) is 26.2 Å². The fourth-order valence-electron chi connectivity index (χ4n) is 2.75. The van der Waals surface area contributed by atoms with Crippen LogP contribution in [0.15, 0.2) is 18.7 Å². The third kappa shape index (κ3) is 3.09. The van der Waals surface area contributed by atoms with Crippen molar-refractivity contribution in [2.75, 3.05) is 6.54 Å². The summed E-state index contributed by atoms with van der Waals surface area (Å²) in [5, 5.41) is 2.88. The Balaban J connectivity index is 2.05. The van der Waals surface area contributed by atoms with Crippen molar-refractivity contribution < 1.29 is 9.59 Å². The Morgan fingerprint density at radius 1 is 1.33 bits per heavy atom. The van der Waals surface area contributed by atoms with Crippen molar-refractivity contribution in [3.8, 4) is 0 Å². The predicted molar refractivity (Wildman–Crippen MR) is 79.5 cm³/mol. The van der Waals surface area contributed by atoms with Crippen LogP contribution in [0.1, 0.15) is 40.0 Å². The Kier molecular flexibility index (Phi) is 4.65. The molecule has 0 aromatic carbocycles. The number of aryl methyl sites for hydroxylation is 1. The molecule has 1 aromatic heterocycles. The number of piperazine rings is 1. The molecular formula is C15H24N4O2. The van der Waals surface area contributed by atoms with Crippen LogP contribution in [-0.2, 0) is 16.1 Å². The van der Waals surface area contributed by atoms with Crippen molar-refractivity contribution in [2.45, 2.75) is 58.2 Å². The second-order valence-corrected chi connectivity index (χ2v) is 5.75. The molecule has 116 valence electrons. The summed E-state index contributed by atoms with van der Waals surface area (Å²) < 4.78 is 1.98. The van der Waals surface area contributed by atoms with E-state index in [1.54, 1.807) is 17.4 Å². The molecule has 6 heteroatoms. The normalized spacial score (nSPS) is 26.0. The van der Waals surface area contributed by atoms with Crippen LogP contribution in [0.4, 0.5) is 0 Å². The zero-order chi connectivity index (χ0) is 15.5. The van der Waals surface area contributed by atoms with E-state index in [1.165, 1.54) is 0 Å². The number of aromatic nitrogens is 2. The summed E-state index contributed by atoms with van der Waals surface area (Å²) in [4.78, 5) is 30.7. The van der Waals surface area contributed by atoms with Gasteiger partial charge in [-0.1, -0.05) is 13.8 Å². The minimum atomic E-state index is -0.766. The van der Waals surface area contributed by atoms with Gasteiger partial charge in [0.05, 0.1) is 6.33 Å². The second kappa shape index (κ2) is 6.28. The van der Waals surface area contributed by atoms with Crippen LogP contribution < -0.4 is 5.32 Å². The smallest absolute Gasteiger partial charge is 0.248 e. The van der Waals surface area contributed by atoms with Crippen LogP contribution in [0, 0.1) is 0 Å². The highest BCUT2D eigenvalue weighted by atomic mass is 16.2. The molecule has 6 nitrogen and oxygen atoms in total. The molecular weight excluding hydrogens is 268 g/mol. The maximum atomic E-state index is 12.7. The van der Waals surface area contributed by atoms with E-state index in [4.69, 9.17) is 0 Å². The monoisotopic (exact) mass is 292 g/mol. The molecule has 1 aliphatic rings. The highest BCUT2D eigenvalue weighted by Gasteiger charge is 2.45. The third-order valence-electron chi connectivity index (χ3n) is 4.28. The summed E-state index contributed by atoms with van der Waals surface area (Å²) in [6, 6.07) is -0.347. The first kappa shape index (κ1) is 15.5. The zero-order valence-electron chi connectivity index (χ0n) is 13.0. The number of hydrogen-bond acceptors (Lipinski definition) is 3. The molecule has 0 saturated carbocycles. The first-order valence-electron chi connectivity index (χ1n) is 7.60. The third-order valence-corrected chi connectivity index (χ3v) is 4.28. The summed E-state index contributed by atoms with van der Waals surface area (Å²) in [7, 11) is 0. The van der Waals surface area contributed by atoms with Gasteiger partial charge < -0.3 is 14.8 Å². The average Bonchev–Trinajstić information content (AvgIpc) is 2.97. The second-order valence-electron chi connectivity index (χ2n) is 5.75. The van der Waals surface area contributed by atoms with Gasteiger partial charge in [0.2, 0.25) is 11.8 Å². The highest BCUT2D eigenvalue weighted by Crippen LogP contribution is 2.23. The molecule has 0 aliphatic carbocycles. The van der Waals surface area contributed by atoms with Crippen molar-refractivity contribution in [3.63, 3.8) is 0 Å². The molecule has 0 bridgehead atoms. The first-order chi connectivity index (χ1) is 10.0. The molecule has 1 aromatic rings. The zero-order valence-corrected chi connectivity index (χ0v) is 13.0. The molecule has 21 heavy (non-hydrogen) atoms. The average molecular weight is 292 g/mol. The van der Waals surface area contributed by atoms with Crippen LogP contribution in [-0.4, -0.2) is 44.4 Å². The molecule has 2 amide bonds. The topological polar surface area (TPSA) is 67.2 Å². The van der Waals surface area contributed by atoms with Crippen LogP contribution in [0.25, 0.3) is 0 Å². The quantitative estimate of drug-likeness (QED) is 0.856. The van der Waals surface area contributed by atoms with Gasteiger partial charge >= 0.3 is 0 Å². The van der Waals surface area contributed by atoms with E-state index in [0.29, 0.717) is 19.4 Å². The molecule has 1 aliphatic heterocycles. The van der Waals surface area contributed by atoms with E-state index in [2.05, 4.69) is 10.3 Å². The van der Waals surface area contributed by atoms with E-state index < -0.39 is 5.54 Å². The lowest BCUT2D eigenvalue weighted by Gasteiger charge is -2.44. The number of rotatable bonds is 6. The van der Waals surface area contributed by atoms with E-state index in [9.17, 15) is 9.59 Å². The number of amides is 2. The maximum absolute atomic E-state index is 12.7. The molecule has 2 unspecified atom stereocenters. The first-order valence-corrected chi connectivity index (χ1v) is 7.60. The highest BCUT2D eigenvalue weighted by molar-refractivity contribution is 5.99. The van der Waals surface area contributed by atoms with Gasteiger partial charge in [-0.25, -0.2) is 4.98 Å². The van der Waals surface area contributed by atoms with E-state index in [0.717, 1.165) is 13.0 Å². The van der Waals surface area contributed by atoms with Crippen LogP contribution in [0.3, 0.4) is 0 Å². The lowest BCUT2D eigenvalue weighted by Crippen LogP contribution is -2.69. The van der Waals surface area contributed by atoms with Gasteiger partial charge in [0, 0.05) is 25.5 Å². The lowest BCUT2D eigenvalue weighted by molar-refractivity contribution is -0.154. The van der Waals surface area contributed by atoms with Crippen molar-refractivity contribution in [1.29, 1.82) is 0 Å². The van der Waals surface area contributed by atoms with E-state index in [-0.39, 0.29) is 17.9 Å². The SMILES string of the molecule is CCC1C(=O)NC(C)(CC)C(=O)N1CCCn1ccnc1. The number of carbonyl (C=O) groups is 2. The largest absolute Gasteiger partial charge is 0.340 e. The number of nitrogens with zero attached hydrogens (tertiary/aromatic N) is 3. The molecule has 0 radical (unpaired) electrons. The Labute approximate surface area is 125 Å². The van der Waals surface area contributed by atoms with E-state index >= 15 is 0 Å². The minimum absolute atomic E-state index is 0.0297. The standard InChI is InChI=1S/C15H24N4O2/c1-4-12-13(20)17-15(3,5-2)14(21)19(12)9-6-8-18-10-7-16-11-18/h7,10-12H,4-6,8-9H2,1-3H3,(H,17,20). The number of hydrogen-bond donors (Lipinski definition) is 1. The number of imidazole rings is 1. The van der Waals surface area contributed by atoms with Gasteiger partial charge in [0.25, 0.3) is 0 Å². The fourth-order valence-corrected chi connectivity index (χ4v) is 2.75. The van der Waals surface area contributed by atoms with Gasteiger partial charge in [-0.15, -0.1) is 0 Å². The molecule has 1 fully saturated rings. The summed E-state index contributed by atoms with van der Waals surface area (Å²) in [5.74, 6) is -0.00818. The van der Waals surface area contributed by atoms with Gasteiger partial charge in [-0.3, -0.25) is 9.59 Å². The van der Waals surface area contributed by atoms with Crippen molar-refractivity contribution in [1.82, 2.24) is 19.8 Å². The lowest BCUT2D eigenvalue weighted by atomic mass is 9.91. The Morgan fingerprint density at radius 2 is 2.10 bits per heavy atom. The molecule has 2 atom stereocenters. The minimum Gasteiger partial charge on any atom is -0.340 e. The molecule has 1 saturated heterocycles. The van der Waals surface area contributed by atoms with Crippen molar-refractivity contribution >= 4 is 11.8 Å². The van der Waals surface area contributed by atoms with Crippen LogP contribution >= 0.6 is 0 Å². The van der Waals surface area contributed by atoms with Crippen LogP contribution in [0.5, 0.6) is 0 Å². The van der Waals surface area contributed by atoms with Crippen molar-refractivity contribution in [3.05, 3.63) is 18.7 Å².